The maximum Gasteiger partial charge on any atom is 0.410 e. The van der Waals surface area contributed by atoms with E-state index >= 15 is 0 Å². The molecule has 2 atom stereocenters. The monoisotopic (exact) mass is 200 g/mol. The van der Waals surface area contributed by atoms with E-state index in [1.807, 2.05) is 27.7 Å². The second-order valence-corrected chi connectivity index (χ2v) is 4.87. The fourth-order valence-corrected chi connectivity index (χ4v) is 1.52. The van der Waals surface area contributed by atoms with Crippen molar-refractivity contribution in [3.63, 3.8) is 0 Å². The van der Waals surface area contributed by atoms with Crippen molar-refractivity contribution >= 4 is 6.09 Å². The lowest BCUT2D eigenvalue weighted by Gasteiger charge is -2.45. The molecule has 0 aliphatic carbocycles. The average Bonchev–Trinajstić information content (AvgIpc) is 1.99. The standard InChI is InChI=1S/C10H20N2O2/c1-7-8(5-11)6-12(7)9(13)14-10(2,3)4/h7-8H,5-6,11H2,1-4H3/t7-,8-/m1/s1. The first-order valence-electron chi connectivity index (χ1n) is 5.05. The van der Waals surface area contributed by atoms with Crippen LogP contribution in [0.4, 0.5) is 4.79 Å². The fourth-order valence-electron chi connectivity index (χ4n) is 1.52. The molecule has 1 rings (SSSR count). The van der Waals surface area contributed by atoms with Gasteiger partial charge in [-0.05, 0) is 34.2 Å². The van der Waals surface area contributed by atoms with Crippen LogP contribution in [0.5, 0.6) is 0 Å². The molecule has 4 nitrogen and oxygen atoms in total. The molecule has 0 aromatic carbocycles. The Hall–Kier alpha value is -0.770. The first-order chi connectivity index (χ1) is 6.35. The van der Waals surface area contributed by atoms with Crippen LogP contribution in [0, 0.1) is 5.92 Å². The third-order valence-electron chi connectivity index (χ3n) is 2.54. The Bertz CT molecular complexity index is 223. The number of nitrogens with two attached hydrogens (primary N) is 1. The van der Waals surface area contributed by atoms with E-state index in [0.29, 0.717) is 12.5 Å². The van der Waals surface area contributed by atoms with E-state index < -0.39 is 5.60 Å². The van der Waals surface area contributed by atoms with Gasteiger partial charge in [-0.15, -0.1) is 0 Å². The van der Waals surface area contributed by atoms with Crippen LogP contribution in [-0.2, 0) is 4.74 Å². The molecule has 0 unspecified atom stereocenters. The minimum Gasteiger partial charge on any atom is -0.444 e. The lowest BCUT2D eigenvalue weighted by molar-refractivity contribution is -0.0227. The summed E-state index contributed by atoms with van der Waals surface area (Å²) in [5.41, 5.74) is 5.12. The molecule has 0 saturated carbocycles. The van der Waals surface area contributed by atoms with Crippen LogP contribution in [0.2, 0.25) is 0 Å². The number of ether oxygens (including phenoxy) is 1. The van der Waals surface area contributed by atoms with Crippen molar-refractivity contribution in [3.8, 4) is 0 Å². The molecule has 82 valence electrons. The van der Waals surface area contributed by atoms with Gasteiger partial charge >= 0.3 is 6.09 Å². The van der Waals surface area contributed by atoms with E-state index in [0.717, 1.165) is 6.54 Å². The lowest BCUT2D eigenvalue weighted by Crippen LogP contribution is -2.60. The summed E-state index contributed by atoms with van der Waals surface area (Å²) in [4.78, 5) is 13.3. The van der Waals surface area contributed by atoms with Gasteiger partial charge in [-0.3, -0.25) is 0 Å². The van der Waals surface area contributed by atoms with E-state index in [1.54, 1.807) is 4.90 Å². The molecule has 1 aliphatic rings. The molecule has 1 heterocycles. The van der Waals surface area contributed by atoms with Gasteiger partial charge < -0.3 is 15.4 Å². The number of carbonyl (C=O) groups excluding carboxylic acids is 1. The zero-order chi connectivity index (χ0) is 10.9. The van der Waals surface area contributed by atoms with Crippen molar-refractivity contribution in [1.82, 2.24) is 4.90 Å². The van der Waals surface area contributed by atoms with Gasteiger partial charge in [-0.1, -0.05) is 0 Å². The van der Waals surface area contributed by atoms with Gasteiger partial charge in [0.05, 0.1) is 0 Å². The lowest BCUT2D eigenvalue weighted by atomic mass is 9.91. The van der Waals surface area contributed by atoms with Crippen LogP contribution >= 0.6 is 0 Å². The summed E-state index contributed by atoms with van der Waals surface area (Å²) in [6.45, 7) is 8.99. The molecule has 0 spiro atoms. The van der Waals surface area contributed by atoms with Gasteiger partial charge in [-0.25, -0.2) is 4.79 Å². The van der Waals surface area contributed by atoms with Gasteiger partial charge in [0.25, 0.3) is 0 Å². The Labute approximate surface area is 85.4 Å². The van der Waals surface area contributed by atoms with Gasteiger partial charge in [0.1, 0.15) is 5.60 Å². The largest absolute Gasteiger partial charge is 0.444 e. The molecule has 0 radical (unpaired) electrons. The predicted octanol–water partition coefficient (Wildman–Crippen LogP) is 1.20. The second kappa shape index (κ2) is 3.77. The molecule has 4 heteroatoms. The Morgan fingerprint density at radius 2 is 2.14 bits per heavy atom. The molecule has 0 aromatic heterocycles. The minimum absolute atomic E-state index is 0.217. The smallest absolute Gasteiger partial charge is 0.410 e. The van der Waals surface area contributed by atoms with Crippen molar-refractivity contribution in [3.05, 3.63) is 0 Å². The van der Waals surface area contributed by atoms with Crippen molar-refractivity contribution in [1.29, 1.82) is 0 Å². The van der Waals surface area contributed by atoms with Crippen LogP contribution in [0.15, 0.2) is 0 Å². The molecule has 0 aromatic rings. The number of likely N-dealkylation sites (tertiary alicyclic amines) is 1. The summed E-state index contributed by atoms with van der Waals surface area (Å²) in [5, 5.41) is 0. The first kappa shape index (κ1) is 11.3. The van der Waals surface area contributed by atoms with Crippen molar-refractivity contribution in [2.45, 2.75) is 39.3 Å². The van der Waals surface area contributed by atoms with Gasteiger partial charge in [0.2, 0.25) is 0 Å². The first-order valence-corrected chi connectivity index (χ1v) is 5.05. The number of hydrogen-bond acceptors (Lipinski definition) is 3. The summed E-state index contributed by atoms with van der Waals surface area (Å²) >= 11 is 0. The number of nitrogens with zero attached hydrogens (tertiary/aromatic N) is 1. The summed E-state index contributed by atoms with van der Waals surface area (Å²) in [6, 6.07) is 0.217. The molecule has 2 N–H and O–H groups in total. The van der Waals surface area contributed by atoms with E-state index in [4.69, 9.17) is 10.5 Å². The maximum absolute atomic E-state index is 11.6. The Morgan fingerprint density at radius 1 is 1.57 bits per heavy atom. The second-order valence-electron chi connectivity index (χ2n) is 4.87. The third-order valence-corrected chi connectivity index (χ3v) is 2.54. The molecule has 1 fully saturated rings. The van der Waals surface area contributed by atoms with E-state index in [1.165, 1.54) is 0 Å². The summed E-state index contributed by atoms with van der Waals surface area (Å²) in [7, 11) is 0. The van der Waals surface area contributed by atoms with Gasteiger partial charge in [-0.2, -0.15) is 0 Å². The summed E-state index contributed by atoms with van der Waals surface area (Å²) in [5.74, 6) is 0.433. The normalized spacial score (nSPS) is 27.1. The number of hydrogen-bond donors (Lipinski definition) is 1. The molecular weight excluding hydrogens is 180 g/mol. The third kappa shape index (κ3) is 2.38. The summed E-state index contributed by atoms with van der Waals surface area (Å²) < 4.78 is 5.25. The number of carbonyl (C=O) groups is 1. The quantitative estimate of drug-likeness (QED) is 0.692. The maximum atomic E-state index is 11.6. The summed E-state index contributed by atoms with van der Waals surface area (Å²) in [6.07, 6.45) is -0.227. The van der Waals surface area contributed by atoms with Crippen molar-refractivity contribution in [2.75, 3.05) is 13.1 Å². The van der Waals surface area contributed by atoms with Crippen LogP contribution in [0.3, 0.4) is 0 Å². The highest BCUT2D eigenvalue weighted by Gasteiger charge is 2.39. The topological polar surface area (TPSA) is 55.6 Å². The van der Waals surface area contributed by atoms with Crippen LogP contribution in [0.1, 0.15) is 27.7 Å². The molecule has 1 aliphatic heterocycles. The molecule has 1 saturated heterocycles. The molecule has 1 amide bonds. The molecular formula is C10H20N2O2. The molecule has 0 bridgehead atoms. The zero-order valence-electron chi connectivity index (χ0n) is 9.41. The predicted molar refractivity (Wildman–Crippen MR) is 54.9 cm³/mol. The van der Waals surface area contributed by atoms with Crippen molar-refractivity contribution < 1.29 is 9.53 Å². The van der Waals surface area contributed by atoms with Crippen LogP contribution < -0.4 is 5.73 Å². The van der Waals surface area contributed by atoms with Crippen LogP contribution in [0.25, 0.3) is 0 Å². The minimum atomic E-state index is -0.412. The van der Waals surface area contributed by atoms with Crippen molar-refractivity contribution in [2.24, 2.45) is 11.7 Å². The Morgan fingerprint density at radius 3 is 2.50 bits per heavy atom. The highest BCUT2D eigenvalue weighted by Crippen LogP contribution is 2.25. The van der Waals surface area contributed by atoms with Crippen LogP contribution in [-0.4, -0.2) is 35.7 Å². The van der Waals surface area contributed by atoms with Gasteiger partial charge in [0, 0.05) is 18.5 Å². The Balaban J connectivity index is 2.42. The fraction of sp³-hybridized carbons (Fsp3) is 0.900. The van der Waals surface area contributed by atoms with E-state index in [-0.39, 0.29) is 12.1 Å². The highest BCUT2D eigenvalue weighted by molar-refractivity contribution is 5.69. The van der Waals surface area contributed by atoms with E-state index in [9.17, 15) is 4.79 Å². The average molecular weight is 200 g/mol. The number of amides is 1. The SMILES string of the molecule is C[C@@H]1[C@H](CN)CN1C(=O)OC(C)(C)C. The Kier molecular flexibility index (Phi) is 3.04. The molecule has 14 heavy (non-hydrogen) atoms. The zero-order valence-corrected chi connectivity index (χ0v) is 9.41. The number of rotatable bonds is 1. The van der Waals surface area contributed by atoms with Gasteiger partial charge in [0.15, 0.2) is 0 Å². The van der Waals surface area contributed by atoms with E-state index in [2.05, 4.69) is 0 Å². The highest BCUT2D eigenvalue weighted by atomic mass is 16.6.